The Balaban J connectivity index is 3.15. The number of carbonyl (C=O) groups is 2. The van der Waals surface area contributed by atoms with Crippen LogP contribution in [0.1, 0.15) is 18.5 Å². The molecule has 0 aliphatic heterocycles. The second-order valence-corrected chi connectivity index (χ2v) is 3.78. The van der Waals surface area contributed by atoms with Gasteiger partial charge in [-0.25, -0.2) is 0 Å². The molecular weight excluding hydrogens is 206 g/mol. The molecule has 1 amide bonds. The van der Waals surface area contributed by atoms with E-state index < -0.39 is 11.8 Å². The molecule has 2 N–H and O–H groups in total. The quantitative estimate of drug-likeness (QED) is 0.742. The van der Waals surface area contributed by atoms with Gasteiger partial charge in [-0.1, -0.05) is 0 Å². The Bertz CT molecular complexity index is 401. The van der Waals surface area contributed by atoms with Crippen LogP contribution < -0.4 is 10.6 Å². The lowest BCUT2D eigenvalue weighted by Gasteiger charge is -2.15. The minimum absolute atomic E-state index is 0.295. The van der Waals surface area contributed by atoms with Crippen molar-refractivity contribution < 1.29 is 9.59 Å². The zero-order valence-electron chi connectivity index (χ0n) is 9.60. The van der Waals surface area contributed by atoms with Crippen molar-refractivity contribution >= 4 is 17.4 Å². The van der Waals surface area contributed by atoms with E-state index in [0.29, 0.717) is 5.69 Å². The normalized spacial score (nSPS) is 11.9. The molecule has 1 rings (SSSR count). The number of ketones is 1. The fourth-order valence-electron chi connectivity index (χ4n) is 1.43. The Morgan fingerprint density at radius 2 is 2.06 bits per heavy atom. The van der Waals surface area contributed by atoms with Gasteiger partial charge in [0.2, 0.25) is 5.91 Å². The lowest BCUT2D eigenvalue weighted by atomic mass is 9.99. The van der Waals surface area contributed by atoms with E-state index in [4.69, 9.17) is 5.73 Å². The van der Waals surface area contributed by atoms with Crippen LogP contribution in [0.2, 0.25) is 0 Å². The number of anilines is 1. The summed E-state index contributed by atoms with van der Waals surface area (Å²) in [6.07, 6.45) is 1.56. The third-order valence-electron chi connectivity index (χ3n) is 2.27. The SMILES string of the molecule is CC(=O)C(C(N)=O)c1cc(N(C)C)ccn1. The first kappa shape index (κ1) is 12.2. The molecule has 0 aromatic carbocycles. The van der Waals surface area contributed by atoms with Crippen LogP contribution in [0, 0.1) is 0 Å². The fraction of sp³-hybridized carbons (Fsp3) is 0.364. The Kier molecular flexibility index (Phi) is 3.60. The number of aromatic nitrogens is 1. The number of hydrogen-bond donors (Lipinski definition) is 1. The molecule has 86 valence electrons. The van der Waals surface area contributed by atoms with Crippen LogP contribution in [0.5, 0.6) is 0 Å². The van der Waals surface area contributed by atoms with Crippen molar-refractivity contribution in [3.8, 4) is 0 Å². The van der Waals surface area contributed by atoms with Crippen LogP contribution in [-0.2, 0) is 9.59 Å². The number of primary amides is 1. The second kappa shape index (κ2) is 4.74. The van der Waals surface area contributed by atoms with E-state index in [1.165, 1.54) is 6.92 Å². The fourth-order valence-corrected chi connectivity index (χ4v) is 1.43. The molecule has 0 aliphatic carbocycles. The first-order chi connectivity index (χ1) is 7.43. The molecule has 0 saturated carbocycles. The molecule has 0 bridgehead atoms. The molecule has 0 spiro atoms. The van der Waals surface area contributed by atoms with Crippen LogP contribution in [0.15, 0.2) is 18.3 Å². The van der Waals surface area contributed by atoms with Crippen LogP contribution >= 0.6 is 0 Å². The lowest BCUT2D eigenvalue weighted by Crippen LogP contribution is -2.27. The number of amides is 1. The van der Waals surface area contributed by atoms with Gasteiger partial charge >= 0.3 is 0 Å². The third kappa shape index (κ3) is 2.56. The van der Waals surface area contributed by atoms with Crippen LogP contribution in [0.4, 0.5) is 5.69 Å². The third-order valence-corrected chi connectivity index (χ3v) is 2.27. The summed E-state index contributed by atoms with van der Waals surface area (Å²) in [7, 11) is 3.73. The summed E-state index contributed by atoms with van der Waals surface area (Å²) in [5.74, 6) is -1.92. The number of carbonyl (C=O) groups excluding carboxylic acids is 2. The zero-order chi connectivity index (χ0) is 12.3. The van der Waals surface area contributed by atoms with Crippen molar-refractivity contribution in [2.24, 2.45) is 5.73 Å². The first-order valence-corrected chi connectivity index (χ1v) is 4.86. The first-order valence-electron chi connectivity index (χ1n) is 4.86. The van der Waals surface area contributed by atoms with E-state index in [2.05, 4.69) is 4.98 Å². The van der Waals surface area contributed by atoms with E-state index >= 15 is 0 Å². The van der Waals surface area contributed by atoms with Gasteiger partial charge in [-0.05, 0) is 19.1 Å². The summed E-state index contributed by atoms with van der Waals surface area (Å²) < 4.78 is 0. The molecular formula is C11H15N3O2. The maximum atomic E-state index is 11.3. The Morgan fingerprint density at radius 3 is 2.50 bits per heavy atom. The van der Waals surface area contributed by atoms with Crippen molar-refractivity contribution in [1.82, 2.24) is 4.98 Å². The summed E-state index contributed by atoms with van der Waals surface area (Å²) in [4.78, 5) is 28.4. The molecule has 16 heavy (non-hydrogen) atoms. The topological polar surface area (TPSA) is 76.3 Å². The summed E-state index contributed by atoms with van der Waals surface area (Å²) >= 11 is 0. The molecule has 0 radical (unpaired) electrons. The maximum absolute atomic E-state index is 11.3. The highest BCUT2D eigenvalue weighted by atomic mass is 16.2. The van der Waals surface area contributed by atoms with Gasteiger partial charge in [-0.3, -0.25) is 14.6 Å². The highest BCUT2D eigenvalue weighted by molar-refractivity contribution is 6.04. The molecule has 5 heteroatoms. The van der Waals surface area contributed by atoms with Crippen LogP contribution in [0.25, 0.3) is 0 Å². The Labute approximate surface area is 94.3 Å². The van der Waals surface area contributed by atoms with Gasteiger partial charge in [0.05, 0.1) is 5.69 Å². The number of pyridine rings is 1. The standard InChI is InChI=1S/C11H15N3O2/c1-7(15)10(11(12)16)9-6-8(14(2)3)4-5-13-9/h4-6,10H,1-3H3,(H2,12,16). The minimum atomic E-state index is -0.958. The van der Waals surface area contributed by atoms with Crippen molar-refractivity contribution in [2.75, 3.05) is 19.0 Å². The molecule has 0 aliphatic rings. The van der Waals surface area contributed by atoms with E-state index in [1.54, 1.807) is 18.3 Å². The number of nitrogens with two attached hydrogens (primary N) is 1. The van der Waals surface area contributed by atoms with Crippen molar-refractivity contribution in [3.05, 3.63) is 24.0 Å². The van der Waals surface area contributed by atoms with E-state index in [1.807, 2.05) is 19.0 Å². The molecule has 1 unspecified atom stereocenters. The molecule has 0 saturated heterocycles. The van der Waals surface area contributed by atoms with Crippen LogP contribution in [0.3, 0.4) is 0 Å². The smallest absolute Gasteiger partial charge is 0.234 e. The van der Waals surface area contributed by atoms with Crippen molar-refractivity contribution in [1.29, 1.82) is 0 Å². The predicted molar refractivity (Wildman–Crippen MR) is 61.2 cm³/mol. The van der Waals surface area contributed by atoms with Gasteiger partial charge < -0.3 is 10.6 Å². The van der Waals surface area contributed by atoms with Gasteiger partial charge in [0.15, 0.2) is 0 Å². The summed E-state index contributed by atoms with van der Waals surface area (Å²) in [5.41, 5.74) is 6.45. The summed E-state index contributed by atoms with van der Waals surface area (Å²) in [6, 6.07) is 3.48. The number of hydrogen-bond acceptors (Lipinski definition) is 4. The molecule has 1 aromatic heterocycles. The zero-order valence-corrected chi connectivity index (χ0v) is 9.60. The average molecular weight is 221 g/mol. The molecule has 5 nitrogen and oxygen atoms in total. The van der Waals surface area contributed by atoms with E-state index in [-0.39, 0.29) is 5.78 Å². The number of Topliss-reactive ketones (excluding diaryl/α,β-unsaturated/α-hetero) is 1. The second-order valence-electron chi connectivity index (χ2n) is 3.78. The summed E-state index contributed by atoms with van der Waals surface area (Å²) in [6.45, 7) is 1.33. The summed E-state index contributed by atoms with van der Waals surface area (Å²) in [5, 5.41) is 0. The average Bonchev–Trinajstić information content (AvgIpc) is 2.16. The van der Waals surface area contributed by atoms with Gasteiger partial charge in [0.25, 0.3) is 0 Å². The Hall–Kier alpha value is -1.91. The molecule has 0 fully saturated rings. The Morgan fingerprint density at radius 1 is 1.44 bits per heavy atom. The van der Waals surface area contributed by atoms with Gasteiger partial charge in [0, 0.05) is 26.0 Å². The maximum Gasteiger partial charge on any atom is 0.234 e. The monoisotopic (exact) mass is 221 g/mol. The lowest BCUT2D eigenvalue weighted by molar-refractivity contribution is -0.127. The largest absolute Gasteiger partial charge is 0.378 e. The van der Waals surface area contributed by atoms with E-state index in [0.717, 1.165) is 5.69 Å². The van der Waals surface area contributed by atoms with Crippen molar-refractivity contribution in [3.63, 3.8) is 0 Å². The van der Waals surface area contributed by atoms with E-state index in [9.17, 15) is 9.59 Å². The highest BCUT2D eigenvalue weighted by Crippen LogP contribution is 2.19. The van der Waals surface area contributed by atoms with Gasteiger partial charge in [0.1, 0.15) is 11.7 Å². The minimum Gasteiger partial charge on any atom is -0.378 e. The van der Waals surface area contributed by atoms with Gasteiger partial charge in [-0.2, -0.15) is 0 Å². The highest BCUT2D eigenvalue weighted by Gasteiger charge is 2.24. The van der Waals surface area contributed by atoms with Gasteiger partial charge in [-0.15, -0.1) is 0 Å². The predicted octanol–water partition coefficient (Wildman–Crippen LogP) is 0.305. The molecule has 1 atom stereocenters. The molecule has 1 aromatic rings. The van der Waals surface area contributed by atoms with Crippen LogP contribution in [-0.4, -0.2) is 30.8 Å². The number of rotatable bonds is 4. The number of nitrogens with zero attached hydrogens (tertiary/aromatic N) is 2. The van der Waals surface area contributed by atoms with Crippen molar-refractivity contribution in [2.45, 2.75) is 12.8 Å². The molecule has 1 heterocycles.